The normalized spacial score (nSPS) is 14.6. The molecule has 228 valence electrons. The van der Waals surface area contributed by atoms with Crippen molar-refractivity contribution in [1.82, 2.24) is 24.6 Å². The molecule has 0 bridgehead atoms. The van der Waals surface area contributed by atoms with Crippen molar-refractivity contribution in [3.63, 3.8) is 0 Å². The number of alkyl halides is 3. The second-order valence-corrected chi connectivity index (χ2v) is 12.3. The standard InChI is InChI=1S/C28H29ClF3N7O3S/c1-18-7-4-5-8-20(18)25-21(15-28(30,31)32)26(35-27(34-25)36-43(40,41)19-16-33-38(3)17-19)42-23-10-6-9-22(24(23)29)39-13-11-37(2)12-14-39/h4-10,16-17H,11-15H2,1-3H3,(H,34,35,36). The number of likely N-dealkylation sites (N-methyl/N-ethyl adjacent to an activating group) is 1. The Bertz CT molecular complexity index is 1740. The van der Waals surface area contributed by atoms with Crippen molar-refractivity contribution in [2.75, 3.05) is 42.8 Å². The maximum absolute atomic E-state index is 14.0. The zero-order valence-electron chi connectivity index (χ0n) is 23.6. The van der Waals surface area contributed by atoms with Gasteiger partial charge in [-0.3, -0.25) is 4.68 Å². The van der Waals surface area contributed by atoms with Gasteiger partial charge in [0, 0.05) is 45.0 Å². The van der Waals surface area contributed by atoms with Crippen LogP contribution in [0.3, 0.4) is 0 Å². The van der Waals surface area contributed by atoms with E-state index in [-0.39, 0.29) is 26.9 Å². The Morgan fingerprint density at radius 3 is 2.40 bits per heavy atom. The van der Waals surface area contributed by atoms with Crippen LogP contribution in [0.4, 0.5) is 24.8 Å². The van der Waals surface area contributed by atoms with Gasteiger partial charge in [0.25, 0.3) is 10.0 Å². The minimum absolute atomic E-state index is 0.0667. The number of aryl methyl sites for hydroxylation is 2. The highest BCUT2D eigenvalue weighted by molar-refractivity contribution is 7.92. The van der Waals surface area contributed by atoms with E-state index in [4.69, 9.17) is 16.3 Å². The molecule has 43 heavy (non-hydrogen) atoms. The molecule has 0 spiro atoms. The number of anilines is 2. The van der Waals surface area contributed by atoms with Gasteiger partial charge < -0.3 is 14.5 Å². The minimum Gasteiger partial charge on any atom is -0.437 e. The Hall–Kier alpha value is -3.88. The molecule has 0 saturated carbocycles. The van der Waals surface area contributed by atoms with Crippen LogP contribution in [-0.4, -0.2) is 72.5 Å². The van der Waals surface area contributed by atoms with E-state index < -0.39 is 34.4 Å². The van der Waals surface area contributed by atoms with Crippen LogP contribution in [0.15, 0.2) is 59.8 Å². The molecule has 10 nitrogen and oxygen atoms in total. The lowest BCUT2D eigenvalue weighted by atomic mass is 10.00. The summed E-state index contributed by atoms with van der Waals surface area (Å²) in [4.78, 5) is 12.5. The fraction of sp³-hybridized carbons (Fsp3) is 0.321. The van der Waals surface area contributed by atoms with Gasteiger partial charge >= 0.3 is 6.18 Å². The van der Waals surface area contributed by atoms with Gasteiger partial charge in [-0.15, -0.1) is 0 Å². The summed E-state index contributed by atoms with van der Waals surface area (Å²) in [7, 11) is -0.685. The van der Waals surface area contributed by atoms with Crippen molar-refractivity contribution in [2.24, 2.45) is 7.05 Å². The van der Waals surface area contributed by atoms with E-state index in [1.165, 1.54) is 16.9 Å². The highest BCUT2D eigenvalue weighted by Gasteiger charge is 2.34. The van der Waals surface area contributed by atoms with E-state index in [2.05, 4.69) is 29.6 Å². The number of aromatic nitrogens is 4. The van der Waals surface area contributed by atoms with Gasteiger partial charge in [-0.1, -0.05) is 41.9 Å². The minimum atomic E-state index is -4.67. The third kappa shape index (κ3) is 7.03. The van der Waals surface area contributed by atoms with Crippen molar-refractivity contribution in [3.05, 3.63) is 71.0 Å². The second kappa shape index (κ2) is 12.0. The molecule has 4 aromatic rings. The number of piperazine rings is 1. The molecule has 5 rings (SSSR count). The number of benzene rings is 2. The smallest absolute Gasteiger partial charge is 0.393 e. The average Bonchev–Trinajstić information content (AvgIpc) is 3.39. The van der Waals surface area contributed by atoms with Crippen molar-refractivity contribution in [2.45, 2.75) is 24.4 Å². The highest BCUT2D eigenvalue weighted by atomic mass is 35.5. The van der Waals surface area contributed by atoms with E-state index in [0.717, 1.165) is 19.3 Å². The lowest BCUT2D eigenvalue weighted by molar-refractivity contribution is -0.127. The summed E-state index contributed by atoms with van der Waals surface area (Å²) in [5.41, 5.74) is 1.14. The summed E-state index contributed by atoms with van der Waals surface area (Å²) in [5.74, 6) is -0.890. The van der Waals surface area contributed by atoms with Gasteiger partial charge in [-0.25, -0.2) is 18.1 Å². The molecule has 0 amide bonds. The number of ether oxygens (including phenoxy) is 1. The SMILES string of the molecule is Cc1ccccc1-c1nc(NS(=O)(=O)c2cnn(C)c2)nc(Oc2cccc(N3CCN(C)CC3)c2Cl)c1CC(F)(F)F. The highest BCUT2D eigenvalue weighted by Crippen LogP contribution is 2.41. The largest absolute Gasteiger partial charge is 0.437 e. The second-order valence-electron chi connectivity index (χ2n) is 10.2. The molecule has 1 fully saturated rings. The number of nitrogens with zero attached hydrogens (tertiary/aromatic N) is 6. The first kappa shape index (κ1) is 30.6. The third-order valence-electron chi connectivity index (χ3n) is 6.96. The Labute approximate surface area is 252 Å². The number of hydrogen-bond acceptors (Lipinski definition) is 8. The summed E-state index contributed by atoms with van der Waals surface area (Å²) in [6.45, 7) is 4.73. The van der Waals surface area contributed by atoms with Gasteiger partial charge in [0.1, 0.15) is 15.7 Å². The Kier molecular flexibility index (Phi) is 8.54. The molecule has 1 N–H and O–H groups in total. The third-order valence-corrected chi connectivity index (χ3v) is 8.62. The van der Waals surface area contributed by atoms with Crippen LogP contribution in [0.5, 0.6) is 11.6 Å². The van der Waals surface area contributed by atoms with Gasteiger partial charge in [0.05, 0.1) is 29.6 Å². The molecule has 0 radical (unpaired) electrons. The average molecular weight is 636 g/mol. The van der Waals surface area contributed by atoms with Crippen LogP contribution in [0.25, 0.3) is 11.3 Å². The van der Waals surface area contributed by atoms with E-state index in [9.17, 15) is 21.6 Å². The molecule has 0 atom stereocenters. The molecule has 15 heteroatoms. The van der Waals surface area contributed by atoms with Crippen LogP contribution in [0.1, 0.15) is 11.1 Å². The molecule has 2 aromatic heterocycles. The van der Waals surface area contributed by atoms with Crippen LogP contribution in [0, 0.1) is 6.92 Å². The topological polar surface area (TPSA) is 105 Å². The van der Waals surface area contributed by atoms with Crippen molar-refractivity contribution in [1.29, 1.82) is 0 Å². The number of hydrogen-bond donors (Lipinski definition) is 1. The van der Waals surface area contributed by atoms with Crippen molar-refractivity contribution in [3.8, 4) is 22.9 Å². The quantitative estimate of drug-likeness (QED) is 0.279. The predicted octanol–water partition coefficient (Wildman–Crippen LogP) is 5.29. The summed E-state index contributed by atoms with van der Waals surface area (Å²) in [6.07, 6.45) is -3.70. The summed E-state index contributed by atoms with van der Waals surface area (Å²) in [5, 5.41) is 4.07. The summed E-state index contributed by atoms with van der Waals surface area (Å²) >= 11 is 6.76. The van der Waals surface area contributed by atoms with Crippen LogP contribution in [-0.2, 0) is 23.5 Å². The molecular weight excluding hydrogens is 607 g/mol. The molecule has 0 unspecified atom stereocenters. The van der Waals surface area contributed by atoms with Gasteiger partial charge in [-0.05, 0) is 31.7 Å². The fourth-order valence-electron chi connectivity index (χ4n) is 4.70. The maximum atomic E-state index is 14.0. The fourth-order valence-corrected chi connectivity index (χ4v) is 5.92. The summed E-state index contributed by atoms with van der Waals surface area (Å²) in [6, 6.07) is 11.7. The lowest BCUT2D eigenvalue weighted by Gasteiger charge is -2.34. The molecule has 2 aromatic carbocycles. The Balaban J connectivity index is 1.65. The van der Waals surface area contributed by atoms with Gasteiger partial charge in [0.2, 0.25) is 11.8 Å². The van der Waals surface area contributed by atoms with Gasteiger partial charge in [-0.2, -0.15) is 23.3 Å². The van der Waals surface area contributed by atoms with Crippen LogP contribution in [0.2, 0.25) is 5.02 Å². The molecule has 0 aliphatic carbocycles. The Morgan fingerprint density at radius 1 is 1.02 bits per heavy atom. The molecule has 3 heterocycles. The van der Waals surface area contributed by atoms with Crippen LogP contribution >= 0.6 is 11.6 Å². The number of halogens is 4. The van der Waals surface area contributed by atoms with E-state index in [0.29, 0.717) is 29.9 Å². The zero-order valence-corrected chi connectivity index (χ0v) is 25.1. The van der Waals surface area contributed by atoms with Gasteiger partial charge in [0.15, 0.2) is 0 Å². The van der Waals surface area contributed by atoms with Crippen molar-refractivity contribution < 1.29 is 26.3 Å². The van der Waals surface area contributed by atoms with E-state index in [1.807, 2.05) is 13.1 Å². The first-order chi connectivity index (χ1) is 20.3. The lowest BCUT2D eigenvalue weighted by Crippen LogP contribution is -2.44. The first-order valence-electron chi connectivity index (χ1n) is 13.3. The number of nitrogens with one attached hydrogen (secondary N) is 1. The van der Waals surface area contributed by atoms with E-state index in [1.54, 1.807) is 44.3 Å². The van der Waals surface area contributed by atoms with Crippen LogP contribution < -0.4 is 14.4 Å². The number of sulfonamides is 1. The van der Waals surface area contributed by atoms with E-state index >= 15 is 0 Å². The number of rotatable bonds is 8. The predicted molar refractivity (Wildman–Crippen MR) is 157 cm³/mol. The maximum Gasteiger partial charge on any atom is 0.393 e. The Morgan fingerprint density at radius 2 is 1.74 bits per heavy atom. The van der Waals surface area contributed by atoms with Crippen molar-refractivity contribution >= 4 is 33.3 Å². The zero-order chi connectivity index (χ0) is 30.9. The molecular formula is C28H29ClF3N7O3S. The molecule has 1 aliphatic heterocycles. The first-order valence-corrected chi connectivity index (χ1v) is 15.1. The molecule has 1 saturated heterocycles. The summed E-state index contributed by atoms with van der Waals surface area (Å²) < 4.78 is 77.8. The molecule has 1 aliphatic rings. The monoisotopic (exact) mass is 635 g/mol.